The Bertz CT molecular complexity index is 468. The van der Waals surface area contributed by atoms with Crippen molar-refractivity contribution in [3.05, 3.63) is 16.5 Å². The van der Waals surface area contributed by atoms with Crippen LogP contribution in [0, 0.1) is 0 Å². The van der Waals surface area contributed by atoms with Gasteiger partial charge in [0, 0.05) is 19.8 Å². The van der Waals surface area contributed by atoms with Gasteiger partial charge in [0.05, 0.1) is 5.69 Å². The average Bonchev–Trinajstić information content (AvgIpc) is 2.43. The first-order valence-corrected chi connectivity index (χ1v) is 7.02. The Morgan fingerprint density at radius 1 is 1.45 bits per heavy atom. The lowest BCUT2D eigenvalue weighted by Crippen LogP contribution is -2.23. The van der Waals surface area contributed by atoms with Crippen LogP contribution >= 0.6 is 11.6 Å². The summed E-state index contributed by atoms with van der Waals surface area (Å²) in [5.74, 6) is -0.0689. The maximum absolute atomic E-state index is 11.2. The van der Waals surface area contributed by atoms with Crippen molar-refractivity contribution in [3.8, 4) is 0 Å². The minimum atomic E-state index is -0.671. The van der Waals surface area contributed by atoms with E-state index in [0.29, 0.717) is 24.5 Å². The van der Waals surface area contributed by atoms with Gasteiger partial charge in [0.25, 0.3) is 5.91 Å². The summed E-state index contributed by atoms with van der Waals surface area (Å²) in [7, 11) is 1.67. The molecule has 7 heteroatoms. The first-order valence-electron chi connectivity index (χ1n) is 6.65. The number of carbonyl (C=O) groups excluding carboxylic acids is 1. The van der Waals surface area contributed by atoms with Crippen molar-refractivity contribution in [1.82, 2.24) is 9.97 Å². The maximum Gasteiger partial charge on any atom is 0.270 e. The van der Waals surface area contributed by atoms with E-state index in [-0.39, 0.29) is 16.9 Å². The zero-order chi connectivity index (χ0) is 15.1. The maximum atomic E-state index is 11.2. The van der Waals surface area contributed by atoms with Crippen molar-refractivity contribution < 1.29 is 9.53 Å². The third-order valence-corrected chi connectivity index (χ3v) is 3.26. The molecule has 0 radical (unpaired) electrons. The Balaban J connectivity index is 2.99. The Morgan fingerprint density at radius 3 is 2.65 bits per heavy atom. The van der Waals surface area contributed by atoms with Gasteiger partial charge in [-0.25, -0.2) is 9.97 Å². The first-order chi connectivity index (χ1) is 9.53. The molecule has 0 aliphatic heterocycles. The van der Waals surface area contributed by atoms with Gasteiger partial charge in [0.2, 0.25) is 0 Å². The summed E-state index contributed by atoms with van der Waals surface area (Å²) in [5, 5.41) is 3.33. The number of anilines is 1. The van der Waals surface area contributed by atoms with Gasteiger partial charge in [-0.15, -0.1) is 0 Å². The monoisotopic (exact) mass is 300 g/mol. The number of amides is 1. The number of nitrogens with one attached hydrogen (secondary N) is 1. The second kappa shape index (κ2) is 8.01. The zero-order valence-electron chi connectivity index (χ0n) is 12.1. The largest absolute Gasteiger partial charge is 0.385 e. The summed E-state index contributed by atoms with van der Waals surface area (Å²) < 4.78 is 5.08. The molecular weight excluding hydrogens is 280 g/mol. The van der Waals surface area contributed by atoms with Crippen LogP contribution in [0.4, 0.5) is 5.82 Å². The summed E-state index contributed by atoms with van der Waals surface area (Å²) >= 11 is 5.95. The summed E-state index contributed by atoms with van der Waals surface area (Å²) in [6, 6.07) is 0.213. The van der Waals surface area contributed by atoms with E-state index in [1.807, 2.05) is 6.92 Å². The molecule has 3 N–H and O–H groups in total. The van der Waals surface area contributed by atoms with Crippen LogP contribution in [0.2, 0.25) is 5.15 Å². The molecule has 1 aromatic rings. The molecule has 1 atom stereocenters. The Kier molecular flexibility index (Phi) is 6.67. The molecule has 0 spiro atoms. The van der Waals surface area contributed by atoms with Gasteiger partial charge >= 0.3 is 0 Å². The molecule has 1 heterocycles. The van der Waals surface area contributed by atoms with Gasteiger partial charge in [0.15, 0.2) is 10.8 Å². The predicted octanol–water partition coefficient (Wildman–Crippen LogP) is 2.02. The molecular formula is C13H21ClN4O2. The number of nitrogens with two attached hydrogens (primary N) is 1. The Morgan fingerprint density at radius 2 is 2.15 bits per heavy atom. The number of carbonyl (C=O) groups is 1. The fourth-order valence-electron chi connectivity index (χ4n) is 1.80. The van der Waals surface area contributed by atoms with Crippen LogP contribution < -0.4 is 11.1 Å². The molecule has 0 saturated carbocycles. The van der Waals surface area contributed by atoms with Crippen LogP contribution in [0.1, 0.15) is 42.9 Å². The van der Waals surface area contributed by atoms with Gasteiger partial charge in [0.1, 0.15) is 5.82 Å². The van der Waals surface area contributed by atoms with Crippen LogP contribution in [-0.4, -0.2) is 35.6 Å². The van der Waals surface area contributed by atoms with Crippen LogP contribution in [-0.2, 0) is 11.2 Å². The molecule has 0 saturated heterocycles. The molecule has 0 fully saturated rings. The molecule has 20 heavy (non-hydrogen) atoms. The lowest BCUT2D eigenvalue weighted by atomic mass is 10.1. The molecule has 1 amide bonds. The van der Waals surface area contributed by atoms with Crippen molar-refractivity contribution >= 4 is 23.3 Å². The number of rotatable bonds is 8. The average molecular weight is 301 g/mol. The number of nitrogens with zero attached hydrogens (tertiary/aromatic N) is 2. The van der Waals surface area contributed by atoms with Crippen molar-refractivity contribution in [2.45, 2.75) is 39.2 Å². The molecule has 0 aliphatic carbocycles. The standard InChI is InChI=1S/C13H21ClN4O2/c1-4-8(6-7-20-3)16-13-9(5-2)17-10(12(15)19)11(14)18-13/h8H,4-7H2,1-3H3,(H2,15,19)(H,16,18). The molecule has 1 aromatic heterocycles. The highest BCUT2D eigenvalue weighted by Gasteiger charge is 2.17. The van der Waals surface area contributed by atoms with Gasteiger partial charge in [-0.3, -0.25) is 4.79 Å². The normalized spacial score (nSPS) is 12.2. The van der Waals surface area contributed by atoms with E-state index >= 15 is 0 Å². The fraction of sp³-hybridized carbons (Fsp3) is 0.615. The topological polar surface area (TPSA) is 90.1 Å². The summed E-state index contributed by atoms with van der Waals surface area (Å²) in [6.07, 6.45) is 2.41. The van der Waals surface area contributed by atoms with E-state index in [2.05, 4.69) is 22.2 Å². The number of hydrogen-bond acceptors (Lipinski definition) is 5. The molecule has 112 valence electrons. The first kappa shape index (κ1) is 16.7. The Labute approximate surface area is 124 Å². The van der Waals surface area contributed by atoms with Crippen molar-refractivity contribution in [1.29, 1.82) is 0 Å². The highest BCUT2D eigenvalue weighted by Crippen LogP contribution is 2.20. The molecule has 0 aromatic carbocycles. The number of aryl methyl sites for hydroxylation is 1. The summed E-state index contributed by atoms with van der Waals surface area (Å²) in [4.78, 5) is 19.6. The van der Waals surface area contributed by atoms with Gasteiger partial charge in [-0.1, -0.05) is 25.4 Å². The number of methoxy groups -OCH3 is 1. The summed E-state index contributed by atoms with van der Waals surface area (Å²) in [6.45, 7) is 4.67. The summed E-state index contributed by atoms with van der Waals surface area (Å²) in [5.41, 5.74) is 5.91. The third-order valence-electron chi connectivity index (χ3n) is 3.00. The smallest absolute Gasteiger partial charge is 0.270 e. The van der Waals surface area contributed by atoms with E-state index in [9.17, 15) is 4.79 Å². The molecule has 1 rings (SSSR count). The van der Waals surface area contributed by atoms with E-state index in [1.165, 1.54) is 0 Å². The lowest BCUT2D eigenvalue weighted by molar-refractivity contribution is 0.0995. The third kappa shape index (κ3) is 4.31. The quantitative estimate of drug-likeness (QED) is 0.766. The van der Waals surface area contributed by atoms with E-state index in [4.69, 9.17) is 22.1 Å². The van der Waals surface area contributed by atoms with E-state index < -0.39 is 5.91 Å². The molecule has 1 unspecified atom stereocenters. The van der Waals surface area contributed by atoms with Crippen molar-refractivity contribution in [2.75, 3.05) is 19.0 Å². The number of halogens is 1. The van der Waals surface area contributed by atoms with Crippen molar-refractivity contribution in [2.24, 2.45) is 5.73 Å². The highest BCUT2D eigenvalue weighted by molar-refractivity contribution is 6.32. The minimum absolute atomic E-state index is 0.0130. The zero-order valence-corrected chi connectivity index (χ0v) is 12.8. The van der Waals surface area contributed by atoms with Crippen LogP contribution in [0.5, 0.6) is 0 Å². The minimum Gasteiger partial charge on any atom is -0.385 e. The number of ether oxygens (including phenoxy) is 1. The highest BCUT2D eigenvalue weighted by atomic mass is 35.5. The second-order valence-corrected chi connectivity index (χ2v) is 4.77. The van der Waals surface area contributed by atoms with Crippen molar-refractivity contribution in [3.63, 3.8) is 0 Å². The molecule has 0 bridgehead atoms. The SMILES string of the molecule is CCc1nc(C(N)=O)c(Cl)nc1NC(CC)CCOC. The van der Waals surface area contributed by atoms with E-state index in [1.54, 1.807) is 7.11 Å². The van der Waals surface area contributed by atoms with Crippen LogP contribution in [0.3, 0.4) is 0 Å². The fourth-order valence-corrected chi connectivity index (χ4v) is 2.02. The lowest BCUT2D eigenvalue weighted by Gasteiger charge is -2.19. The van der Waals surface area contributed by atoms with Crippen LogP contribution in [0.25, 0.3) is 0 Å². The van der Waals surface area contributed by atoms with Gasteiger partial charge in [-0.05, 0) is 19.3 Å². The molecule has 0 aliphatic rings. The van der Waals surface area contributed by atoms with Gasteiger partial charge < -0.3 is 15.8 Å². The number of primary amides is 1. The predicted molar refractivity (Wildman–Crippen MR) is 79.1 cm³/mol. The number of aromatic nitrogens is 2. The second-order valence-electron chi connectivity index (χ2n) is 4.41. The van der Waals surface area contributed by atoms with E-state index in [0.717, 1.165) is 12.8 Å². The molecule has 6 nitrogen and oxygen atoms in total. The Hall–Kier alpha value is -1.40. The van der Waals surface area contributed by atoms with Crippen LogP contribution in [0.15, 0.2) is 0 Å². The van der Waals surface area contributed by atoms with Gasteiger partial charge in [-0.2, -0.15) is 0 Å². The number of hydrogen-bond donors (Lipinski definition) is 2.